The maximum Gasteiger partial charge on any atom is 0.200 e. The first-order chi connectivity index (χ1) is 10.9. The number of nitrogens with two attached hydrogens (primary N) is 1. The SMILES string of the molecule is CC#CC1(O)[C@@H](O)[C@@H](CO)O[C@H]1n1cnc2c(=S)[nH]c(N)nc21. The molecule has 4 atom stereocenters. The maximum atomic E-state index is 10.8. The minimum absolute atomic E-state index is 0.0756. The van der Waals surface area contributed by atoms with Gasteiger partial charge in [-0.1, -0.05) is 18.1 Å². The number of ether oxygens (including phenoxy) is 1. The fourth-order valence-electron chi connectivity index (χ4n) is 2.64. The summed E-state index contributed by atoms with van der Waals surface area (Å²) in [5, 5.41) is 30.4. The second-order valence-electron chi connectivity index (χ2n) is 5.13. The number of nitrogens with one attached hydrogen (secondary N) is 1. The van der Waals surface area contributed by atoms with Crippen molar-refractivity contribution in [3.63, 3.8) is 0 Å². The third-order valence-corrected chi connectivity index (χ3v) is 3.99. The van der Waals surface area contributed by atoms with Gasteiger partial charge in [-0.2, -0.15) is 4.98 Å². The third-order valence-electron chi connectivity index (χ3n) is 3.69. The Kier molecular flexibility index (Phi) is 3.83. The molecule has 23 heavy (non-hydrogen) atoms. The fourth-order valence-corrected chi connectivity index (χ4v) is 2.89. The van der Waals surface area contributed by atoms with Crippen molar-refractivity contribution in [1.29, 1.82) is 0 Å². The molecule has 2 aromatic rings. The highest BCUT2D eigenvalue weighted by atomic mass is 32.1. The monoisotopic (exact) mass is 337 g/mol. The fraction of sp³-hybridized carbons (Fsp3) is 0.462. The zero-order valence-corrected chi connectivity index (χ0v) is 12.9. The molecule has 1 aliphatic heterocycles. The van der Waals surface area contributed by atoms with E-state index in [4.69, 9.17) is 22.7 Å². The van der Waals surface area contributed by atoms with E-state index in [1.807, 2.05) is 0 Å². The summed E-state index contributed by atoms with van der Waals surface area (Å²) in [6, 6.07) is 0. The summed E-state index contributed by atoms with van der Waals surface area (Å²) in [6.45, 7) is 1.04. The quantitative estimate of drug-likeness (QED) is 0.350. The highest BCUT2D eigenvalue weighted by molar-refractivity contribution is 7.71. The molecule has 0 bridgehead atoms. The van der Waals surface area contributed by atoms with E-state index in [-0.39, 0.29) is 16.2 Å². The summed E-state index contributed by atoms with van der Waals surface area (Å²) >= 11 is 5.13. The molecular weight excluding hydrogens is 322 g/mol. The van der Waals surface area contributed by atoms with E-state index in [0.717, 1.165) is 0 Å². The Bertz CT molecular complexity index is 869. The first-order valence-corrected chi connectivity index (χ1v) is 7.16. The molecule has 3 rings (SSSR count). The van der Waals surface area contributed by atoms with Gasteiger partial charge >= 0.3 is 0 Å². The molecule has 10 heteroatoms. The van der Waals surface area contributed by atoms with Gasteiger partial charge in [-0.05, 0) is 6.92 Å². The number of aliphatic hydroxyl groups excluding tert-OH is 2. The average molecular weight is 337 g/mol. The Hall–Kier alpha value is -2.03. The molecule has 1 saturated heterocycles. The van der Waals surface area contributed by atoms with Crippen molar-refractivity contribution in [2.24, 2.45) is 0 Å². The highest BCUT2D eigenvalue weighted by Crippen LogP contribution is 2.39. The minimum Gasteiger partial charge on any atom is -0.394 e. The van der Waals surface area contributed by atoms with E-state index in [1.165, 1.54) is 17.8 Å². The van der Waals surface area contributed by atoms with Gasteiger partial charge in [0.2, 0.25) is 5.95 Å². The van der Waals surface area contributed by atoms with Crippen LogP contribution < -0.4 is 5.73 Å². The lowest BCUT2D eigenvalue weighted by Crippen LogP contribution is -2.45. The number of aliphatic hydroxyl groups is 3. The zero-order valence-electron chi connectivity index (χ0n) is 12.1. The summed E-state index contributed by atoms with van der Waals surface area (Å²) in [4.78, 5) is 10.9. The molecule has 122 valence electrons. The standard InChI is InChI=1S/C13H15N5O4S/c1-2-3-13(21)8(20)6(4-19)22-11(13)18-5-15-7-9(18)16-12(14)17-10(7)23/h5-6,8,11,19-21H,4H2,1H3,(H3,14,16,17,23)/t6-,8+,11-,13?/m1/s1. The summed E-state index contributed by atoms with van der Waals surface area (Å²) < 4.78 is 7.24. The molecule has 2 aromatic heterocycles. The molecule has 1 unspecified atom stereocenters. The van der Waals surface area contributed by atoms with E-state index < -0.39 is 30.6 Å². The Balaban J connectivity index is 2.20. The lowest BCUT2D eigenvalue weighted by molar-refractivity contribution is -0.0722. The smallest absolute Gasteiger partial charge is 0.200 e. The van der Waals surface area contributed by atoms with Crippen molar-refractivity contribution in [3.05, 3.63) is 11.0 Å². The van der Waals surface area contributed by atoms with E-state index >= 15 is 0 Å². The van der Waals surface area contributed by atoms with Crippen molar-refractivity contribution in [1.82, 2.24) is 19.5 Å². The van der Waals surface area contributed by atoms with E-state index in [2.05, 4.69) is 26.8 Å². The van der Waals surface area contributed by atoms with Gasteiger partial charge in [0.25, 0.3) is 0 Å². The number of rotatable bonds is 2. The van der Waals surface area contributed by atoms with Gasteiger partial charge < -0.3 is 30.8 Å². The van der Waals surface area contributed by atoms with E-state index in [9.17, 15) is 15.3 Å². The van der Waals surface area contributed by atoms with Gasteiger partial charge in [-0.25, -0.2) is 4.98 Å². The van der Waals surface area contributed by atoms with Crippen molar-refractivity contribution in [2.45, 2.75) is 31.0 Å². The lowest BCUT2D eigenvalue weighted by Gasteiger charge is -2.26. The second-order valence-corrected chi connectivity index (χ2v) is 5.54. The normalized spacial score (nSPS) is 30.3. The summed E-state index contributed by atoms with van der Waals surface area (Å²) in [5.41, 5.74) is 4.37. The number of H-pyrrole nitrogens is 1. The first-order valence-electron chi connectivity index (χ1n) is 6.75. The Morgan fingerprint density at radius 3 is 3.00 bits per heavy atom. The van der Waals surface area contributed by atoms with Crippen LogP contribution in [0.4, 0.5) is 5.95 Å². The predicted molar refractivity (Wildman–Crippen MR) is 82.5 cm³/mol. The lowest BCUT2D eigenvalue weighted by atomic mass is 9.94. The number of aromatic nitrogens is 4. The third kappa shape index (κ3) is 2.30. The molecule has 0 spiro atoms. The van der Waals surface area contributed by atoms with Crippen LogP contribution in [0.5, 0.6) is 0 Å². The average Bonchev–Trinajstić information content (AvgIpc) is 3.01. The number of aromatic amines is 1. The Labute approximate surface area is 135 Å². The van der Waals surface area contributed by atoms with Gasteiger partial charge in [-0.3, -0.25) is 4.57 Å². The molecule has 9 nitrogen and oxygen atoms in total. The van der Waals surface area contributed by atoms with Crippen LogP contribution in [-0.4, -0.2) is 59.3 Å². The molecule has 0 saturated carbocycles. The van der Waals surface area contributed by atoms with Gasteiger partial charge in [0.15, 0.2) is 17.5 Å². The molecule has 0 aliphatic carbocycles. The van der Waals surface area contributed by atoms with Crippen molar-refractivity contribution in [2.75, 3.05) is 12.3 Å². The van der Waals surface area contributed by atoms with Crippen LogP contribution in [0.1, 0.15) is 13.2 Å². The van der Waals surface area contributed by atoms with Crippen molar-refractivity contribution < 1.29 is 20.1 Å². The molecule has 3 heterocycles. The minimum atomic E-state index is -1.94. The number of hydrogen-bond acceptors (Lipinski definition) is 8. The van der Waals surface area contributed by atoms with Gasteiger partial charge in [0.1, 0.15) is 22.4 Å². The van der Waals surface area contributed by atoms with Gasteiger partial charge in [0.05, 0.1) is 12.9 Å². The van der Waals surface area contributed by atoms with Crippen LogP contribution in [0.2, 0.25) is 0 Å². The Morgan fingerprint density at radius 1 is 1.61 bits per heavy atom. The van der Waals surface area contributed by atoms with Gasteiger partial charge in [0, 0.05) is 0 Å². The van der Waals surface area contributed by atoms with Crippen LogP contribution >= 0.6 is 12.2 Å². The molecular formula is C13H15N5O4S. The Morgan fingerprint density at radius 2 is 2.35 bits per heavy atom. The maximum absolute atomic E-state index is 10.8. The molecule has 6 N–H and O–H groups in total. The van der Waals surface area contributed by atoms with Gasteiger partial charge in [-0.15, -0.1) is 5.92 Å². The largest absolute Gasteiger partial charge is 0.394 e. The molecule has 0 amide bonds. The number of anilines is 1. The molecule has 1 fully saturated rings. The number of nitrogen functional groups attached to an aromatic ring is 1. The highest BCUT2D eigenvalue weighted by Gasteiger charge is 2.55. The number of fused-ring (bicyclic) bond motifs is 1. The predicted octanol–water partition coefficient (Wildman–Crippen LogP) is -0.924. The number of nitrogens with zero attached hydrogens (tertiary/aromatic N) is 3. The number of hydrogen-bond donors (Lipinski definition) is 5. The topological polar surface area (TPSA) is 142 Å². The van der Waals surface area contributed by atoms with E-state index in [1.54, 1.807) is 0 Å². The molecule has 0 aromatic carbocycles. The summed E-state index contributed by atoms with van der Waals surface area (Å²) in [6.07, 6.45) is -2.17. The van der Waals surface area contributed by atoms with Crippen molar-refractivity contribution in [3.8, 4) is 11.8 Å². The van der Waals surface area contributed by atoms with Crippen LogP contribution in [0.15, 0.2) is 6.33 Å². The summed E-state index contributed by atoms with van der Waals surface area (Å²) in [7, 11) is 0. The van der Waals surface area contributed by atoms with E-state index in [0.29, 0.717) is 5.52 Å². The number of imidazole rings is 1. The zero-order chi connectivity index (χ0) is 16.8. The van der Waals surface area contributed by atoms with Crippen LogP contribution in [-0.2, 0) is 4.74 Å². The van der Waals surface area contributed by atoms with Crippen molar-refractivity contribution >= 4 is 29.3 Å². The van der Waals surface area contributed by atoms with Crippen LogP contribution in [0.3, 0.4) is 0 Å². The second kappa shape index (κ2) is 5.55. The first kappa shape index (κ1) is 15.9. The summed E-state index contributed by atoms with van der Waals surface area (Å²) in [5.74, 6) is 5.18. The van der Waals surface area contributed by atoms with Crippen LogP contribution in [0, 0.1) is 16.5 Å². The molecule has 0 radical (unpaired) electrons. The molecule has 1 aliphatic rings. The van der Waals surface area contributed by atoms with Crippen LogP contribution in [0.25, 0.3) is 11.2 Å².